The molecule has 0 unspecified atom stereocenters. The lowest BCUT2D eigenvalue weighted by Gasteiger charge is -2.06. The molecule has 0 aliphatic rings. The number of methoxy groups -OCH3 is 1. The highest BCUT2D eigenvalue weighted by Crippen LogP contribution is 2.12. The number of ether oxygens (including phenoxy) is 1. The van der Waals surface area contributed by atoms with Crippen molar-refractivity contribution in [2.75, 3.05) is 7.11 Å². The average molecular weight is 272 g/mol. The topological polar surface area (TPSA) is 26.2 Å². The molecule has 0 radical (unpaired) electrons. The van der Waals surface area contributed by atoms with E-state index in [0.717, 1.165) is 25.3 Å². The summed E-state index contributed by atoms with van der Waals surface area (Å²) in [5, 5.41) is 3.43. The molecule has 1 aromatic heterocycles. The average Bonchev–Trinajstić information content (AvgIpc) is 2.91. The zero-order valence-corrected chi connectivity index (χ0v) is 12.6. The zero-order valence-electron chi connectivity index (χ0n) is 12.6. The van der Waals surface area contributed by atoms with Crippen LogP contribution in [0.5, 0.6) is 5.75 Å². The quantitative estimate of drug-likeness (QED) is 0.837. The molecule has 20 heavy (non-hydrogen) atoms. The van der Waals surface area contributed by atoms with Crippen LogP contribution in [0.3, 0.4) is 0 Å². The van der Waals surface area contributed by atoms with E-state index in [2.05, 4.69) is 54.3 Å². The third-order valence-corrected chi connectivity index (χ3v) is 3.34. The van der Waals surface area contributed by atoms with Crippen molar-refractivity contribution in [1.29, 1.82) is 0 Å². The molecule has 0 fully saturated rings. The molecule has 3 nitrogen and oxygen atoms in total. The van der Waals surface area contributed by atoms with Crippen LogP contribution >= 0.6 is 0 Å². The van der Waals surface area contributed by atoms with Crippen LogP contribution in [0.25, 0.3) is 0 Å². The molecule has 108 valence electrons. The van der Waals surface area contributed by atoms with E-state index in [9.17, 15) is 0 Å². The molecule has 1 aromatic carbocycles. The van der Waals surface area contributed by atoms with E-state index in [1.807, 2.05) is 12.1 Å². The monoisotopic (exact) mass is 272 g/mol. The van der Waals surface area contributed by atoms with Crippen molar-refractivity contribution in [3.8, 4) is 5.75 Å². The van der Waals surface area contributed by atoms with Gasteiger partial charge >= 0.3 is 0 Å². The Morgan fingerprint density at radius 2 is 1.85 bits per heavy atom. The molecule has 1 N–H and O–H groups in total. The van der Waals surface area contributed by atoms with Crippen LogP contribution in [0.1, 0.15) is 25.0 Å². The summed E-state index contributed by atoms with van der Waals surface area (Å²) < 4.78 is 7.42. The van der Waals surface area contributed by atoms with Gasteiger partial charge in [-0.3, -0.25) is 0 Å². The number of rotatable bonds is 7. The van der Waals surface area contributed by atoms with Crippen LogP contribution in [0, 0.1) is 0 Å². The van der Waals surface area contributed by atoms with Gasteiger partial charge in [0.1, 0.15) is 5.75 Å². The molecule has 0 saturated carbocycles. The smallest absolute Gasteiger partial charge is 0.118 e. The Balaban J connectivity index is 1.84. The van der Waals surface area contributed by atoms with Gasteiger partial charge in [-0.15, -0.1) is 0 Å². The molecular weight excluding hydrogens is 248 g/mol. The van der Waals surface area contributed by atoms with Gasteiger partial charge in [0.15, 0.2) is 0 Å². The van der Waals surface area contributed by atoms with Gasteiger partial charge in [-0.2, -0.15) is 0 Å². The zero-order chi connectivity index (χ0) is 14.4. The van der Waals surface area contributed by atoms with Gasteiger partial charge < -0.3 is 14.6 Å². The second-order valence-electron chi connectivity index (χ2n) is 5.39. The number of hydrogen-bond donors (Lipinski definition) is 1. The molecule has 0 spiro atoms. The molecule has 0 bridgehead atoms. The van der Waals surface area contributed by atoms with E-state index in [4.69, 9.17) is 4.74 Å². The van der Waals surface area contributed by atoms with Crippen molar-refractivity contribution >= 4 is 0 Å². The molecule has 2 rings (SSSR count). The Labute approximate surface area is 121 Å². The molecule has 1 heterocycles. The summed E-state index contributed by atoms with van der Waals surface area (Å²) in [6.45, 7) is 6.28. The van der Waals surface area contributed by atoms with Crippen LogP contribution in [-0.4, -0.2) is 17.7 Å². The first-order valence-electron chi connectivity index (χ1n) is 7.18. The van der Waals surface area contributed by atoms with E-state index < -0.39 is 0 Å². The lowest BCUT2D eigenvalue weighted by atomic mass is 10.1. The largest absolute Gasteiger partial charge is 0.497 e. The second kappa shape index (κ2) is 7.15. The minimum Gasteiger partial charge on any atom is -0.497 e. The Kier molecular flexibility index (Phi) is 5.24. The Morgan fingerprint density at radius 1 is 1.10 bits per heavy atom. The number of aryl methyl sites for hydroxylation is 2. The first-order chi connectivity index (χ1) is 9.67. The standard InChI is InChI=1S/C17H24N2O/c1-14(2)18-12-16-9-11-19(13-16)10-8-15-4-6-17(20-3)7-5-15/h4-7,9,11,13-14,18H,8,10,12H2,1-3H3. The molecule has 0 aliphatic carbocycles. The molecule has 0 amide bonds. The van der Waals surface area contributed by atoms with Gasteiger partial charge in [-0.1, -0.05) is 26.0 Å². The third-order valence-electron chi connectivity index (χ3n) is 3.34. The van der Waals surface area contributed by atoms with Crippen molar-refractivity contribution in [1.82, 2.24) is 9.88 Å². The minimum absolute atomic E-state index is 0.526. The summed E-state index contributed by atoms with van der Waals surface area (Å²) in [5.41, 5.74) is 2.68. The minimum atomic E-state index is 0.526. The van der Waals surface area contributed by atoms with Crippen molar-refractivity contribution in [2.45, 2.75) is 39.4 Å². The maximum absolute atomic E-state index is 5.17. The van der Waals surface area contributed by atoms with Crippen molar-refractivity contribution in [3.63, 3.8) is 0 Å². The highest BCUT2D eigenvalue weighted by Gasteiger charge is 2.00. The van der Waals surface area contributed by atoms with Crippen LogP contribution in [0.15, 0.2) is 42.7 Å². The first-order valence-corrected chi connectivity index (χ1v) is 7.18. The fourth-order valence-electron chi connectivity index (χ4n) is 2.11. The lowest BCUT2D eigenvalue weighted by Crippen LogP contribution is -2.21. The number of benzene rings is 1. The number of aromatic nitrogens is 1. The van der Waals surface area contributed by atoms with E-state index in [-0.39, 0.29) is 0 Å². The highest BCUT2D eigenvalue weighted by atomic mass is 16.5. The number of hydrogen-bond acceptors (Lipinski definition) is 2. The maximum Gasteiger partial charge on any atom is 0.118 e. The molecule has 0 aliphatic heterocycles. The Hall–Kier alpha value is -1.74. The van der Waals surface area contributed by atoms with Gasteiger partial charge in [0.2, 0.25) is 0 Å². The van der Waals surface area contributed by atoms with Crippen molar-refractivity contribution in [3.05, 3.63) is 53.9 Å². The van der Waals surface area contributed by atoms with Gasteiger partial charge in [0, 0.05) is 31.5 Å². The highest BCUT2D eigenvalue weighted by molar-refractivity contribution is 5.27. The summed E-state index contributed by atoms with van der Waals surface area (Å²) >= 11 is 0. The lowest BCUT2D eigenvalue weighted by molar-refractivity contribution is 0.414. The summed E-state index contributed by atoms with van der Waals surface area (Å²) in [7, 11) is 1.70. The fourth-order valence-corrected chi connectivity index (χ4v) is 2.11. The van der Waals surface area contributed by atoms with Gasteiger partial charge in [0.25, 0.3) is 0 Å². The Bertz CT molecular complexity index is 514. The van der Waals surface area contributed by atoms with E-state index in [1.54, 1.807) is 7.11 Å². The van der Waals surface area contributed by atoms with Gasteiger partial charge in [0.05, 0.1) is 7.11 Å². The molecule has 0 saturated heterocycles. The number of nitrogens with one attached hydrogen (secondary N) is 1. The SMILES string of the molecule is COc1ccc(CCn2ccc(CNC(C)C)c2)cc1. The van der Waals surface area contributed by atoms with Crippen molar-refractivity contribution in [2.24, 2.45) is 0 Å². The van der Waals surface area contributed by atoms with Crippen LogP contribution in [-0.2, 0) is 19.5 Å². The fraction of sp³-hybridized carbons (Fsp3) is 0.412. The van der Waals surface area contributed by atoms with E-state index in [0.29, 0.717) is 6.04 Å². The summed E-state index contributed by atoms with van der Waals surface area (Å²) in [6, 6.07) is 11.0. The molecular formula is C17H24N2O. The van der Waals surface area contributed by atoms with Gasteiger partial charge in [-0.25, -0.2) is 0 Å². The normalized spacial score (nSPS) is 11.0. The molecule has 2 aromatic rings. The molecule has 0 atom stereocenters. The summed E-state index contributed by atoms with van der Waals surface area (Å²) in [5.74, 6) is 0.914. The van der Waals surface area contributed by atoms with Crippen LogP contribution < -0.4 is 10.1 Å². The molecule has 3 heteroatoms. The van der Waals surface area contributed by atoms with Crippen LogP contribution in [0.4, 0.5) is 0 Å². The van der Waals surface area contributed by atoms with Gasteiger partial charge in [-0.05, 0) is 35.7 Å². The summed E-state index contributed by atoms with van der Waals surface area (Å²) in [6.07, 6.45) is 5.41. The number of nitrogens with zero attached hydrogens (tertiary/aromatic N) is 1. The predicted octanol–water partition coefficient (Wildman–Crippen LogP) is 3.24. The van der Waals surface area contributed by atoms with E-state index >= 15 is 0 Å². The summed E-state index contributed by atoms with van der Waals surface area (Å²) in [4.78, 5) is 0. The Morgan fingerprint density at radius 3 is 2.50 bits per heavy atom. The second-order valence-corrected chi connectivity index (χ2v) is 5.39. The first kappa shape index (κ1) is 14.7. The van der Waals surface area contributed by atoms with Crippen molar-refractivity contribution < 1.29 is 4.74 Å². The van der Waals surface area contributed by atoms with Crippen LogP contribution in [0.2, 0.25) is 0 Å². The third kappa shape index (κ3) is 4.42. The predicted molar refractivity (Wildman–Crippen MR) is 83.1 cm³/mol. The van der Waals surface area contributed by atoms with E-state index in [1.165, 1.54) is 11.1 Å². The maximum atomic E-state index is 5.17.